The zero-order valence-corrected chi connectivity index (χ0v) is 33.8. The van der Waals surface area contributed by atoms with Crippen LogP contribution in [0.3, 0.4) is 0 Å². The van der Waals surface area contributed by atoms with Crippen LogP contribution in [-0.4, -0.2) is 53.4 Å². The van der Waals surface area contributed by atoms with E-state index >= 15 is 0 Å². The van der Waals surface area contributed by atoms with Crippen LogP contribution in [0.15, 0.2) is 10.4 Å². The summed E-state index contributed by atoms with van der Waals surface area (Å²) in [6, 6.07) is 0. The first kappa shape index (κ1) is 31.5. The van der Waals surface area contributed by atoms with Crippen molar-refractivity contribution in [1.29, 1.82) is 0 Å². The van der Waals surface area contributed by atoms with Crippen LogP contribution in [0, 0.1) is 34.6 Å². The molecule has 38 heavy (non-hydrogen) atoms. The molecule has 5 aliphatic rings. The smallest absolute Gasteiger partial charge is 0.332 e. The van der Waals surface area contributed by atoms with Crippen molar-refractivity contribution in [3.8, 4) is 11.5 Å². The number of rotatable bonds is 6. The molecule has 4 saturated carbocycles. The molecule has 0 saturated heterocycles. The first-order valence-electron chi connectivity index (χ1n) is 15.6. The van der Waals surface area contributed by atoms with Gasteiger partial charge in [0.25, 0.3) is 0 Å². The average Bonchev–Trinajstić information content (AvgIpc) is 2.96. The Morgan fingerprint density at radius 3 is 1.50 bits per heavy atom. The highest BCUT2D eigenvalue weighted by atomic mass is 29.3. The Kier molecular flexibility index (Phi) is 7.66. The summed E-state index contributed by atoms with van der Waals surface area (Å²) in [5.74, 6) is 6.85. The molecule has 1 heterocycles. The van der Waals surface area contributed by atoms with Crippen LogP contribution in [0.5, 0.6) is 0 Å². The second-order valence-electron chi connectivity index (χ2n) is 18.8. The molecule has 0 aromatic carbocycles. The molecule has 5 rings (SSSR count). The van der Waals surface area contributed by atoms with Crippen molar-refractivity contribution >= 4 is 48.2 Å². The minimum absolute atomic E-state index is 0.190. The standard InChI is InChI=1S/C30H60O2Si6/c1-33(2,3)17-16-27-28(34(4,5)6)38(37(13,14)15,32-36(10,11)12)31-30(27,35(7,8)9)29-21-24-18-25(22-29)20-26(19-24)23-29/h24-26H,18-23H2,1-15H3/t24?,25?,26?,29?,30-,38+/m1/s1. The van der Waals surface area contributed by atoms with Gasteiger partial charge in [0.1, 0.15) is 15.7 Å². The highest BCUT2D eigenvalue weighted by Crippen LogP contribution is 2.70. The summed E-state index contributed by atoms with van der Waals surface area (Å²) < 4.78 is 16.1. The van der Waals surface area contributed by atoms with E-state index in [0.717, 1.165) is 17.8 Å². The second kappa shape index (κ2) is 9.26. The van der Waals surface area contributed by atoms with Crippen LogP contribution >= 0.6 is 0 Å². The van der Waals surface area contributed by atoms with Crippen LogP contribution < -0.4 is 0 Å². The topological polar surface area (TPSA) is 18.5 Å². The SMILES string of the molecule is C[Si](C)(C)C#CC1=C([Si](C)(C)C)[Si@](O[Si](C)(C)C)([Si](C)(C)C)O[C@@]1(C12CC3CC(CC(C3)C1)C2)[Si](C)(C)C. The van der Waals surface area contributed by atoms with Gasteiger partial charge in [0.15, 0.2) is 8.32 Å². The van der Waals surface area contributed by atoms with E-state index in [9.17, 15) is 0 Å². The van der Waals surface area contributed by atoms with Crippen molar-refractivity contribution in [1.82, 2.24) is 0 Å². The Balaban J connectivity index is 2.17. The Hall–Kier alpha value is 0.521. The normalized spacial score (nSPS) is 38.0. The summed E-state index contributed by atoms with van der Waals surface area (Å²) in [4.78, 5) is 1.72. The third kappa shape index (κ3) is 5.16. The van der Waals surface area contributed by atoms with Crippen molar-refractivity contribution in [3.63, 3.8) is 0 Å². The highest BCUT2D eigenvalue weighted by Gasteiger charge is 2.76. The van der Waals surface area contributed by atoms with Gasteiger partial charge in [-0.2, -0.15) is 0 Å². The van der Waals surface area contributed by atoms with Gasteiger partial charge in [0.2, 0.25) is 0 Å². The first-order chi connectivity index (χ1) is 16.9. The van der Waals surface area contributed by atoms with Crippen molar-refractivity contribution in [3.05, 3.63) is 10.4 Å². The van der Waals surface area contributed by atoms with Crippen LogP contribution in [-0.2, 0) is 8.54 Å². The quantitative estimate of drug-likeness (QED) is 0.218. The van der Waals surface area contributed by atoms with E-state index in [1.54, 1.807) is 4.82 Å². The maximum Gasteiger partial charge on any atom is 0.332 e. The lowest BCUT2D eigenvalue weighted by Crippen LogP contribution is -2.74. The minimum Gasteiger partial charge on any atom is -0.436 e. The molecule has 2 nitrogen and oxygen atoms in total. The maximum absolute atomic E-state index is 8.39. The van der Waals surface area contributed by atoms with Crippen LogP contribution in [0.2, 0.25) is 98.2 Å². The van der Waals surface area contributed by atoms with Gasteiger partial charge in [0, 0.05) is 11.0 Å². The number of hydrogen-bond acceptors (Lipinski definition) is 2. The fraction of sp³-hybridized carbons (Fsp3) is 0.867. The van der Waals surface area contributed by atoms with Gasteiger partial charge >= 0.3 is 8.08 Å². The molecule has 0 N–H and O–H groups in total. The molecule has 0 spiro atoms. The molecule has 0 radical (unpaired) electrons. The van der Waals surface area contributed by atoms with E-state index in [-0.39, 0.29) is 10.6 Å². The van der Waals surface area contributed by atoms with Gasteiger partial charge in [-0.3, -0.25) is 0 Å². The van der Waals surface area contributed by atoms with E-state index in [1.165, 1.54) is 44.1 Å². The van der Waals surface area contributed by atoms with Crippen LogP contribution in [0.25, 0.3) is 0 Å². The molecule has 8 heteroatoms. The average molecular weight is 621 g/mol. The lowest BCUT2D eigenvalue weighted by Gasteiger charge is -2.66. The van der Waals surface area contributed by atoms with E-state index in [1.807, 2.05) is 0 Å². The van der Waals surface area contributed by atoms with Gasteiger partial charge in [-0.25, -0.2) is 0 Å². The monoisotopic (exact) mass is 620 g/mol. The van der Waals surface area contributed by atoms with Crippen molar-refractivity contribution in [2.45, 2.75) is 142 Å². The minimum atomic E-state index is -2.70. The summed E-state index contributed by atoms with van der Waals surface area (Å²) in [7, 11) is -11.8. The van der Waals surface area contributed by atoms with Crippen molar-refractivity contribution in [2.24, 2.45) is 23.2 Å². The largest absolute Gasteiger partial charge is 0.436 e. The molecule has 216 valence electrons. The molecule has 1 aliphatic heterocycles. The van der Waals surface area contributed by atoms with Crippen LogP contribution in [0.4, 0.5) is 0 Å². The van der Waals surface area contributed by atoms with Gasteiger partial charge < -0.3 is 8.54 Å². The zero-order valence-electron chi connectivity index (χ0n) is 27.8. The van der Waals surface area contributed by atoms with Gasteiger partial charge in [0.05, 0.1) is 21.4 Å². The predicted molar refractivity (Wildman–Crippen MR) is 183 cm³/mol. The molecule has 2 atom stereocenters. The zero-order chi connectivity index (χ0) is 29.0. The third-order valence-electron chi connectivity index (χ3n) is 9.82. The summed E-state index contributed by atoms with van der Waals surface area (Å²) in [5.41, 5.74) is 5.76. The molecule has 0 amide bonds. The fourth-order valence-electron chi connectivity index (χ4n) is 9.35. The lowest BCUT2D eigenvalue weighted by molar-refractivity contribution is -0.121. The van der Waals surface area contributed by atoms with E-state index < -0.39 is 48.2 Å². The van der Waals surface area contributed by atoms with E-state index in [4.69, 9.17) is 8.54 Å². The molecule has 4 bridgehead atoms. The molecular weight excluding hydrogens is 561 g/mol. The summed E-state index contributed by atoms with van der Waals surface area (Å²) in [6.45, 7) is 38.0. The number of hydrogen-bond donors (Lipinski definition) is 0. The second-order valence-corrected chi connectivity index (χ2v) is 52.2. The molecule has 0 unspecified atom stereocenters. The molecular formula is C30H60O2Si6. The Labute approximate surface area is 242 Å². The Morgan fingerprint density at radius 2 is 1.18 bits per heavy atom. The molecule has 0 aromatic heterocycles. The van der Waals surface area contributed by atoms with Gasteiger partial charge in [-0.05, 0) is 80.7 Å². The highest BCUT2D eigenvalue weighted by molar-refractivity contribution is 7.43. The molecule has 0 aromatic rings. The first-order valence-corrected chi connectivity index (χ1v) is 35.8. The Morgan fingerprint density at radius 1 is 0.737 bits per heavy atom. The fourth-order valence-corrected chi connectivity index (χ4v) is 44.4. The summed E-state index contributed by atoms with van der Waals surface area (Å²) in [5, 5.41) is -0.190. The van der Waals surface area contributed by atoms with Gasteiger partial charge in [-0.1, -0.05) is 84.5 Å². The summed E-state index contributed by atoms with van der Waals surface area (Å²) >= 11 is 0. The molecule has 4 aliphatic carbocycles. The Bertz CT molecular complexity index is 1020. The van der Waals surface area contributed by atoms with Crippen LogP contribution in [0.1, 0.15) is 38.5 Å². The van der Waals surface area contributed by atoms with Crippen molar-refractivity contribution in [2.75, 3.05) is 0 Å². The van der Waals surface area contributed by atoms with Crippen molar-refractivity contribution < 1.29 is 8.54 Å². The van der Waals surface area contributed by atoms with E-state index in [0.29, 0.717) is 0 Å². The predicted octanol–water partition coefficient (Wildman–Crippen LogP) is 9.15. The maximum atomic E-state index is 8.39. The summed E-state index contributed by atoms with van der Waals surface area (Å²) in [6.07, 6.45) is 8.56. The van der Waals surface area contributed by atoms with Gasteiger partial charge in [-0.15, -0.1) is 5.54 Å². The van der Waals surface area contributed by atoms with E-state index in [2.05, 4.69) is 110 Å². The third-order valence-corrected chi connectivity index (χ3v) is 34.6. The lowest BCUT2D eigenvalue weighted by atomic mass is 9.47. The molecule has 4 fully saturated rings.